The van der Waals surface area contributed by atoms with Crippen LogP contribution < -0.4 is 9.80 Å². The van der Waals surface area contributed by atoms with E-state index in [0.717, 1.165) is 18.8 Å². The van der Waals surface area contributed by atoms with E-state index in [1.54, 1.807) is 4.90 Å². The van der Waals surface area contributed by atoms with E-state index >= 15 is 0 Å². The van der Waals surface area contributed by atoms with Gasteiger partial charge in [0.25, 0.3) is 0 Å². The van der Waals surface area contributed by atoms with Crippen LogP contribution in [0.15, 0.2) is 29.3 Å². The van der Waals surface area contributed by atoms with Crippen LogP contribution >= 0.6 is 12.2 Å². The average Bonchev–Trinajstić information content (AvgIpc) is 2.95. The molecule has 2 aliphatic heterocycles. The molecule has 0 aromatic heterocycles. The molecule has 0 N–H and O–H groups in total. The summed E-state index contributed by atoms with van der Waals surface area (Å²) in [6.07, 6.45) is 3.25. The number of anilines is 2. The van der Waals surface area contributed by atoms with Crippen LogP contribution in [0.5, 0.6) is 0 Å². The van der Waals surface area contributed by atoms with E-state index in [1.165, 1.54) is 24.9 Å². The summed E-state index contributed by atoms with van der Waals surface area (Å²) in [6, 6.07) is 8.12. The normalized spacial score (nSPS) is 21.5. The van der Waals surface area contributed by atoms with Crippen LogP contribution in [0.4, 0.5) is 16.2 Å². The highest BCUT2D eigenvalue weighted by Gasteiger charge is 2.32. The lowest BCUT2D eigenvalue weighted by atomic mass is 10.1. The molecule has 0 saturated carbocycles. The fraction of sp³-hybridized carbons (Fsp3) is 0.500. The molecular weight excluding hydrogens is 298 g/mol. The van der Waals surface area contributed by atoms with Gasteiger partial charge in [-0.1, -0.05) is 0 Å². The van der Waals surface area contributed by atoms with Gasteiger partial charge in [0, 0.05) is 24.5 Å². The second-order valence-corrected chi connectivity index (χ2v) is 5.80. The molecule has 2 aliphatic rings. The summed E-state index contributed by atoms with van der Waals surface area (Å²) in [6.45, 7) is 3.10. The number of cyclic esters (lactones) is 1. The van der Waals surface area contributed by atoms with Crippen LogP contribution in [-0.2, 0) is 4.74 Å². The Kier molecular flexibility index (Phi) is 4.71. The first-order chi connectivity index (χ1) is 10.8. The summed E-state index contributed by atoms with van der Waals surface area (Å²) in [7, 11) is 0. The number of aliphatic imine (C=N–C) groups is 1. The Labute approximate surface area is 135 Å². The van der Waals surface area contributed by atoms with E-state index in [-0.39, 0.29) is 12.2 Å². The van der Waals surface area contributed by atoms with E-state index in [1.807, 2.05) is 12.1 Å². The number of ether oxygens (including phenoxy) is 1. The molecule has 5 nitrogen and oxygen atoms in total. The summed E-state index contributed by atoms with van der Waals surface area (Å²) >= 11 is 4.54. The number of rotatable bonds is 4. The fourth-order valence-corrected chi connectivity index (χ4v) is 3.04. The van der Waals surface area contributed by atoms with E-state index in [9.17, 15) is 4.79 Å². The number of thiocarbonyl (C=S) groups is 1. The quantitative estimate of drug-likeness (QED) is 0.632. The Balaban J connectivity index is 1.67. The largest absolute Gasteiger partial charge is 0.442 e. The van der Waals surface area contributed by atoms with Crippen molar-refractivity contribution in [1.29, 1.82) is 0 Å². The smallest absolute Gasteiger partial charge is 0.414 e. The summed E-state index contributed by atoms with van der Waals surface area (Å²) in [5, 5.41) is 2.30. The molecule has 1 aromatic rings. The number of carbonyl (C=O) groups excluding carboxylic acids is 1. The monoisotopic (exact) mass is 317 g/mol. The maximum atomic E-state index is 11.9. The van der Waals surface area contributed by atoms with E-state index in [4.69, 9.17) is 4.74 Å². The van der Waals surface area contributed by atoms with E-state index in [2.05, 4.69) is 39.4 Å². The van der Waals surface area contributed by atoms with Crippen molar-refractivity contribution >= 4 is 34.8 Å². The summed E-state index contributed by atoms with van der Waals surface area (Å²) in [4.78, 5) is 19.8. The van der Waals surface area contributed by atoms with Crippen molar-refractivity contribution in [2.75, 3.05) is 36.0 Å². The summed E-state index contributed by atoms with van der Waals surface area (Å²) in [5.74, 6) is 0. The van der Waals surface area contributed by atoms with Crippen LogP contribution in [0.25, 0.3) is 0 Å². The maximum Gasteiger partial charge on any atom is 0.414 e. The van der Waals surface area contributed by atoms with Gasteiger partial charge in [0.15, 0.2) is 0 Å². The number of benzene rings is 1. The average molecular weight is 317 g/mol. The van der Waals surface area contributed by atoms with Gasteiger partial charge in [0.2, 0.25) is 0 Å². The lowest BCUT2D eigenvalue weighted by Gasteiger charge is -2.29. The molecule has 116 valence electrons. The molecule has 6 heteroatoms. The zero-order valence-corrected chi connectivity index (χ0v) is 13.2. The van der Waals surface area contributed by atoms with E-state index < -0.39 is 0 Å². The molecule has 1 aromatic carbocycles. The highest BCUT2D eigenvalue weighted by molar-refractivity contribution is 7.78. The third kappa shape index (κ3) is 3.29. The first kappa shape index (κ1) is 15.0. The molecule has 0 bridgehead atoms. The second kappa shape index (κ2) is 6.90. The highest BCUT2D eigenvalue weighted by atomic mass is 32.1. The molecule has 0 unspecified atom stereocenters. The Bertz CT molecular complexity index is 578. The minimum atomic E-state index is -0.324. The maximum absolute atomic E-state index is 11.9. The first-order valence-electron chi connectivity index (χ1n) is 7.65. The number of isothiocyanates is 1. The Morgan fingerprint density at radius 1 is 1.18 bits per heavy atom. The van der Waals surface area contributed by atoms with Gasteiger partial charge < -0.3 is 9.64 Å². The molecule has 2 fully saturated rings. The van der Waals surface area contributed by atoms with Gasteiger partial charge in [-0.25, -0.2) is 9.79 Å². The van der Waals surface area contributed by atoms with Gasteiger partial charge in [-0.2, -0.15) is 0 Å². The molecule has 1 atom stereocenters. The molecule has 0 spiro atoms. The van der Waals surface area contributed by atoms with Crippen molar-refractivity contribution in [2.24, 2.45) is 4.99 Å². The van der Waals surface area contributed by atoms with Gasteiger partial charge in [0.05, 0.1) is 18.3 Å². The lowest BCUT2D eigenvalue weighted by molar-refractivity contribution is 0.145. The van der Waals surface area contributed by atoms with Gasteiger partial charge in [0.1, 0.15) is 6.10 Å². The number of piperidine rings is 1. The molecule has 2 heterocycles. The lowest BCUT2D eigenvalue weighted by Crippen LogP contribution is -2.29. The summed E-state index contributed by atoms with van der Waals surface area (Å²) < 4.78 is 5.27. The number of hydrogen-bond donors (Lipinski definition) is 0. The van der Waals surface area contributed by atoms with Crippen molar-refractivity contribution < 1.29 is 9.53 Å². The van der Waals surface area contributed by atoms with Crippen LogP contribution in [0.3, 0.4) is 0 Å². The van der Waals surface area contributed by atoms with Gasteiger partial charge in [-0.05, 0) is 55.7 Å². The van der Waals surface area contributed by atoms with Crippen molar-refractivity contribution in [2.45, 2.75) is 25.4 Å². The zero-order valence-electron chi connectivity index (χ0n) is 12.4. The molecule has 3 rings (SSSR count). The minimum absolute atomic E-state index is 0.246. The number of carbonyl (C=O) groups is 1. The van der Waals surface area contributed by atoms with E-state index in [0.29, 0.717) is 13.1 Å². The standard InChI is InChI=1S/C16H19N3O2S/c20-16-19(11-15(21-16)10-17-12-22)14-6-4-13(5-7-14)18-8-2-1-3-9-18/h4-7,15H,1-3,8-11H2/t15-/m0/s1. The molecule has 0 radical (unpaired) electrons. The van der Waals surface area contributed by atoms with Gasteiger partial charge in [-0.15, -0.1) is 0 Å². The van der Waals surface area contributed by atoms with Gasteiger partial charge >= 0.3 is 6.09 Å². The van der Waals surface area contributed by atoms with Crippen LogP contribution in [0.2, 0.25) is 0 Å². The predicted molar refractivity (Wildman–Crippen MR) is 90.0 cm³/mol. The van der Waals surface area contributed by atoms with Gasteiger partial charge in [-0.3, -0.25) is 4.90 Å². The van der Waals surface area contributed by atoms with Crippen LogP contribution in [0.1, 0.15) is 19.3 Å². The molecule has 2 saturated heterocycles. The Hall–Kier alpha value is -1.91. The number of amides is 1. The molecular formula is C16H19N3O2S. The summed E-state index contributed by atoms with van der Waals surface area (Å²) in [5.41, 5.74) is 2.08. The zero-order chi connectivity index (χ0) is 15.4. The van der Waals surface area contributed by atoms with Crippen LogP contribution in [-0.4, -0.2) is 43.5 Å². The SMILES string of the molecule is O=C1O[C@@H](CN=C=S)CN1c1ccc(N2CCCCC2)cc1. The Morgan fingerprint density at radius 2 is 1.86 bits per heavy atom. The van der Waals surface area contributed by atoms with Crippen molar-refractivity contribution in [3.63, 3.8) is 0 Å². The first-order valence-corrected chi connectivity index (χ1v) is 8.05. The third-order valence-corrected chi connectivity index (χ3v) is 4.25. The molecule has 0 aliphatic carbocycles. The molecule has 1 amide bonds. The predicted octanol–water partition coefficient (Wildman–Crippen LogP) is 3.10. The second-order valence-electron chi connectivity index (χ2n) is 5.61. The Morgan fingerprint density at radius 3 is 2.55 bits per heavy atom. The third-order valence-electron chi connectivity index (χ3n) is 4.12. The molecule has 22 heavy (non-hydrogen) atoms. The number of nitrogens with zero attached hydrogens (tertiary/aromatic N) is 3. The minimum Gasteiger partial charge on any atom is -0.442 e. The van der Waals surface area contributed by atoms with Crippen molar-refractivity contribution in [1.82, 2.24) is 0 Å². The highest BCUT2D eigenvalue weighted by Crippen LogP contribution is 2.26. The topological polar surface area (TPSA) is 45.1 Å². The fourth-order valence-electron chi connectivity index (χ4n) is 2.96. The number of hydrogen-bond acceptors (Lipinski definition) is 5. The van der Waals surface area contributed by atoms with Crippen LogP contribution in [0, 0.1) is 0 Å². The van der Waals surface area contributed by atoms with Crippen molar-refractivity contribution in [3.05, 3.63) is 24.3 Å². The van der Waals surface area contributed by atoms with Crippen molar-refractivity contribution in [3.8, 4) is 0 Å².